The van der Waals surface area contributed by atoms with Gasteiger partial charge in [-0.2, -0.15) is 0 Å². The molecule has 0 saturated carbocycles. The van der Waals surface area contributed by atoms with Crippen LogP contribution in [0.5, 0.6) is 5.75 Å². The summed E-state index contributed by atoms with van der Waals surface area (Å²) in [5.41, 5.74) is 2.93. The molecular formula is C14H14ClNO. The van der Waals surface area contributed by atoms with Crippen LogP contribution in [-0.4, -0.2) is 4.98 Å². The van der Waals surface area contributed by atoms with Crippen LogP contribution in [0.4, 0.5) is 0 Å². The number of halogens is 1. The van der Waals surface area contributed by atoms with Gasteiger partial charge < -0.3 is 4.74 Å². The van der Waals surface area contributed by atoms with Gasteiger partial charge in [-0.05, 0) is 37.6 Å². The van der Waals surface area contributed by atoms with E-state index in [0.29, 0.717) is 11.6 Å². The molecule has 0 unspecified atom stereocenters. The van der Waals surface area contributed by atoms with Crippen molar-refractivity contribution in [1.82, 2.24) is 4.98 Å². The van der Waals surface area contributed by atoms with Gasteiger partial charge in [-0.3, -0.25) is 4.98 Å². The number of rotatable bonds is 3. The van der Waals surface area contributed by atoms with Crippen LogP contribution in [0.2, 0.25) is 5.02 Å². The van der Waals surface area contributed by atoms with Crippen molar-refractivity contribution in [2.45, 2.75) is 20.5 Å². The van der Waals surface area contributed by atoms with Crippen molar-refractivity contribution in [3.8, 4) is 5.75 Å². The van der Waals surface area contributed by atoms with E-state index in [1.165, 1.54) is 0 Å². The zero-order valence-corrected chi connectivity index (χ0v) is 10.7. The predicted molar refractivity (Wildman–Crippen MR) is 69.5 cm³/mol. The highest BCUT2D eigenvalue weighted by molar-refractivity contribution is 6.32. The Labute approximate surface area is 106 Å². The van der Waals surface area contributed by atoms with Gasteiger partial charge in [0.05, 0.1) is 10.7 Å². The smallest absolute Gasteiger partial charge is 0.141 e. The number of aromatic nitrogens is 1. The Hall–Kier alpha value is -1.54. The van der Waals surface area contributed by atoms with Crippen molar-refractivity contribution < 1.29 is 4.74 Å². The van der Waals surface area contributed by atoms with Crippen LogP contribution in [0.15, 0.2) is 36.4 Å². The number of para-hydroxylation sites is 1. The van der Waals surface area contributed by atoms with Gasteiger partial charge in [0.25, 0.3) is 0 Å². The fraction of sp³-hybridized carbons (Fsp3) is 0.214. The van der Waals surface area contributed by atoms with Crippen molar-refractivity contribution >= 4 is 11.6 Å². The lowest BCUT2D eigenvalue weighted by molar-refractivity contribution is 0.299. The number of hydrogen-bond donors (Lipinski definition) is 0. The summed E-state index contributed by atoms with van der Waals surface area (Å²) in [6.45, 7) is 4.38. The summed E-state index contributed by atoms with van der Waals surface area (Å²) < 4.78 is 5.71. The molecule has 1 aromatic carbocycles. The van der Waals surface area contributed by atoms with Gasteiger partial charge in [0.1, 0.15) is 12.4 Å². The Morgan fingerprint density at radius 1 is 1.12 bits per heavy atom. The molecule has 3 heteroatoms. The largest absolute Gasteiger partial charge is 0.485 e. The van der Waals surface area contributed by atoms with Crippen molar-refractivity contribution in [1.29, 1.82) is 0 Å². The fourth-order valence-electron chi connectivity index (χ4n) is 1.63. The molecule has 2 aromatic rings. The van der Waals surface area contributed by atoms with E-state index in [9.17, 15) is 0 Å². The molecule has 0 aliphatic carbocycles. The second-order valence-electron chi connectivity index (χ2n) is 3.94. The Bertz CT molecular complexity index is 505. The van der Waals surface area contributed by atoms with E-state index in [1.807, 2.05) is 50.2 Å². The Morgan fingerprint density at radius 3 is 2.59 bits per heavy atom. The Balaban J connectivity index is 2.13. The highest BCUT2D eigenvalue weighted by Crippen LogP contribution is 2.28. The minimum Gasteiger partial charge on any atom is -0.485 e. The summed E-state index contributed by atoms with van der Waals surface area (Å²) in [5, 5.41) is 0.637. The third-order valence-corrected chi connectivity index (χ3v) is 2.77. The van der Waals surface area contributed by atoms with E-state index in [-0.39, 0.29) is 0 Å². The second kappa shape index (κ2) is 5.19. The van der Waals surface area contributed by atoms with Crippen LogP contribution in [0.25, 0.3) is 0 Å². The summed E-state index contributed by atoms with van der Waals surface area (Å²) in [6.07, 6.45) is 0. The van der Waals surface area contributed by atoms with E-state index in [1.54, 1.807) is 0 Å². The number of ether oxygens (including phenoxy) is 1. The first-order valence-electron chi connectivity index (χ1n) is 5.47. The molecule has 0 aliphatic rings. The average molecular weight is 248 g/mol. The maximum Gasteiger partial charge on any atom is 0.141 e. The molecule has 0 amide bonds. The van der Waals surface area contributed by atoms with Gasteiger partial charge in [-0.1, -0.05) is 29.8 Å². The van der Waals surface area contributed by atoms with Gasteiger partial charge in [0.15, 0.2) is 0 Å². The number of aryl methyl sites for hydroxylation is 2. The lowest BCUT2D eigenvalue weighted by Crippen LogP contribution is -2.00. The zero-order chi connectivity index (χ0) is 12.3. The van der Waals surface area contributed by atoms with Gasteiger partial charge in [0, 0.05) is 5.69 Å². The molecule has 2 rings (SSSR count). The van der Waals surface area contributed by atoms with E-state index < -0.39 is 0 Å². The minimum atomic E-state index is 0.437. The fourth-order valence-corrected chi connectivity index (χ4v) is 1.90. The van der Waals surface area contributed by atoms with Crippen LogP contribution in [-0.2, 0) is 6.61 Å². The zero-order valence-electron chi connectivity index (χ0n) is 9.90. The van der Waals surface area contributed by atoms with Gasteiger partial charge in [0.2, 0.25) is 0 Å². The molecule has 0 atom stereocenters. The molecular weight excluding hydrogens is 234 g/mol. The van der Waals surface area contributed by atoms with Crippen LogP contribution in [0.1, 0.15) is 17.0 Å². The van der Waals surface area contributed by atoms with Gasteiger partial charge in [-0.15, -0.1) is 0 Å². The number of benzene rings is 1. The van der Waals surface area contributed by atoms with Crippen LogP contribution in [0.3, 0.4) is 0 Å². The minimum absolute atomic E-state index is 0.437. The number of nitrogens with zero attached hydrogens (tertiary/aromatic N) is 1. The average Bonchev–Trinajstić information content (AvgIpc) is 2.28. The molecule has 17 heavy (non-hydrogen) atoms. The van der Waals surface area contributed by atoms with E-state index in [4.69, 9.17) is 16.3 Å². The maximum absolute atomic E-state index is 6.08. The molecule has 0 bridgehead atoms. The number of pyridine rings is 1. The normalized spacial score (nSPS) is 10.3. The molecule has 0 aliphatic heterocycles. The molecule has 1 aromatic heterocycles. The monoisotopic (exact) mass is 247 g/mol. The van der Waals surface area contributed by atoms with Crippen molar-refractivity contribution in [3.05, 3.63) is 58.4 Å². The SMILES string of the molecule is Cc1cccc(COc2c(C)cccc2Cl)n1. The first-order chi connectivity index (χ1) is 8.16. The predicted octanol–water partition coefficient (Wildman–Crippen LogP) is 3.93. The van der Waals surface area contributed by atoms with Crippen molar-refractivity contribution in [2.75, 3.05) is 0 Å². The van der Waals surface area contributed by atoms with Crippen LogP contribution in [0, 0.1) is 13.8 Å². The molecule has 0 fully saturated rings. The third-order valence-electron chi connectivity index (χ3n) is 2.47. The first-order valence-corrected chi connectivity index (χ1v) is 5.85. The highest BCUT2D eigenvalue weighted by Gasteiger charge is 2.05. The first kappa shape index (κ1) is 11.9. The van der Waals surface area contributed by atoms with E-state index >= 15 is 0 Å². The maximum atomic E-state index is 6.08. The summed E-state index contributed by atoms with van der Waals surface area (Å²) in [4.78, 5) is 4.38. The van der Waals surface area contributed by atoms with E-state index in [2.05, 4.69) is 4.98 Å². The topological polar surface area (TPSA) is 22.1 Å². The van der Waals surface area contributed by atoms with E-state index in [0.717, 1.165) is 22.7 Å². The summed E-state index contributed by atoms with van der Waals surface area (Å²) in [5.74, 6) is 0.734. The molecule has 0 N–H and O–H groups in total. The van der Waals surface area contributed by atoms with Crippen molar-refractivity contribution in [2.24, 2.45) is 0 Å². The van der Waals surface area contributed by atoms with Crippen LogP contribution >= 0.6 is 11.6 Å². The standard InChI is InChI=1S/C14H14ClNO/c1-10-5-3-8-13(15)14(10)17-9-12-7-4-6-11(2)16-12/h3-8H,9H2,1-2H3. The summed E-state index contributed by atoms with van der Waals surface area (Å²) in [6, 6.07) is 11.6. The Morgan fingerprint density at radius 2 is 1.88 bits per heavy atom. The molecule has 1 heterocycles. The third kappa shape index (κ3) is 2.98. The quantitative estimate of drug-likeness (QED) is 0.820. The Kier molecular flexibility index (Phi) is 3.64. The van der Waals surface area contributed by atoms with Crippen molar-refractivity contribution in [3.63, 3.8) is 0 Å². The molecule has 2 nitrogen and oxygen atoms in total. The number of hydrogen-bond acceptors (Lipinski definition) is 2. The van der Waals surface area contributed by atoms with Crippen LogP contribution < -0.4 is 4.74 Å². The summed E-state index contributed by atoms with van der Waals surface area (Å²) >= 11 is 6.08. The van der Waals surface area contributed by atoms with Gasteiger partial charge >= 0.3 is 0 Å². The second-order valence-corrected chi connectivity index (χ2v) is 4.35. The molecule has 0 radical (unpaired) electrons. The molecule has 88 valence electrons. The lowest BCUT2D eigenvalue weighted by Gasteiger charge is -2.10. The lowest BCUT2D eigenvalue weighted by atomic mass is 10.2. The molecule has 0 saturated heterocycles. The van der Waals surface area contributed by atoms with Gasteiger partial charge in [-0.25, -0.2) is 0 Å². The summed E-state index contributed by atoms with van der Waals surface area (Å²) in [7, 11) is 0. The molecule has 0 spiro atoms. The highest BCUT2D eigenvalue weighted by atomic mass is 35.5.